The molecular formula is C56H67IO2P2. The van der Waals surface area contributed by atoms with Gasteiger partial charge in [-0.1, -0.05) is 0 Å². The van der Waals surface area contributed by atoms with E-state index in [-0.39, 0.29) is 36.2 Å². The van der Waals surface area contributed by atoms with Crippen molar-refractivity contribution >= 4 is 70.3 Å². The van der Waals surface area contributed by atoms with Crippen LogP contribution in [-0.2, 0) is 9.47 Å². The van der Waals surface area contributed by atoms with Crippen LogP contribution in [0.15, 0.2) is 204 Å². The number of ether oxygens (including phenoxy) is 2. The van der Waals surface area contributed by atoms with Crippen LogP contribution in [0.1, 0.15) is 91.9 Å². The zero-order chi connectivity index (χ0) is 41.6. The molecule has 0 atom stereocenters. The Hall–Kier alpha value is -4.01. The van der Waals surface area contributed by atoms with E-state index in [0.717, 1.165) is 25.7 Å². The van der Waals surface area contributed by atoms with Gasteiger partial charge in [0.2, 0.25) is 0 Å². The molecule has 0 unspecified atom stereocenters. The summed E-state index contributed by atoms with van der Waals surface area (Å²) in [5, 5.41) is 11.8. The molecule has 2 aliphatic carbocycles. The van der Waals surface area contributed by atoms with Crippen LogP contribution < -0.4 is 31.8 Å². The second kappa shape index (κ2) is 22.9. The van der Waals surface area contributed by atoms with Gasteiger partial charge in [0, 0.05) is 0 Å². The van der Waals surface area contributed by atoms with Crippen LogP contribution in [-0.4, -0.2) is 12.2 Å². The molecule has 0 bridgehead atoms. The predicted octanol–water partition coefficient (Wildman–Crippen LogP) is 13.2. The predicted molar refractivity (Wildman–Crippen MR) is 281 cm³/mol. The molecule has 0 amide bonds. The third kappa shape index (κ3) is 10.6. The Balaban J connectivity index is 0.000000201. The molecule has 0 radical (unpaired) electrons. The van der Waals surface area contributed by atoms with E-state index in [1.165, 1.54) is 81.9 Å². The van der Waals surface area contributed by atoms with Crippen molar-refractivity contribution in [2.75, 3.05) is 0 Å². The van der Waals surface area contributed by atoms with Crippen LogP contribution in [0.2, 0.25) is 0 Å². The number of rotatable bonds is 12. The maximum atomic E-state index is 6.57. The molecule has 6 aromatic rings. The first kappa shape index (κ1) is 46.5. The fourth-order valence-corrected chi connectivity index (χ4v) is 20.5. The van der Waals surface area contributed by atoms with Crippen LogP contribution >= 0.6 is 38.5 Å². The zero-order valence-corrected chi connectivity index (χ0v) is 41.1. The average Bonchev–Trinajstić information content (AvgIpc) is 3.67. The van der Waals surface area contributed by atoms with Crippen molar-refractivity contribution in [1.29, 1.82) is 0 Å². The molecule has 0 fully saturated rings. The molecule has 6 aromatic carbocycles. The summed E-state index contributed by atoms with van der Waals surface area (Å²) >= 11 is 0. The molecule has 2 nitrogen and oxygen atoms in total. The van der Waals surface area contributed by atoms with E-state index in [0.29, 0.717) is 0 Å². The van der Waals surface area contributed by atoms with Gasteiger partial charge in [0.1, 0.15) is 0 Å². The van der Waals surface area contributed by atoms with Gasteiger partial charge >= 0.3 is 364 Å². The SMILES string of the molecule is CC(C)OC1=C([PH](c2ccccc2)(c2ccccc2)c2ccccc2)CCCCC1.CC(C)OC1=C([PH](c2ccccc2)(c2ccccc2)c2ccccc2)CCCCC1.I. The molecule has 8 rings (SSSR count). The van der Waals surface area contributed by atoms with Gasteiger partial charge in [-0.3, -0.25) is 0 Å². The number of hydrogen-bond acceptors (Lipinski definition) is 2. The van der Waals surface area contributed by atoms with Crippen LogP contribution in [0.5, 0.6) is 0 Å². The Labute approximate surface area is 385 Å². The Kier molecular flexibility index (Phi) is 17.5. The van der Waals surface area contributed by atoms with Gasteiger partial charge in [0.25, 0.3) is 0 Å². The van der Waals surface area contributed by atoms with E-state index < -0.39 is 14.5 Å². The summed E-state index contributed by atoms with van der Waals surface area (Å²) in [7, 11) is -4.86. The van der Waals surface area contributed by atoms with Gasteiger partial charge in [-0.25, -0.2) is 0 Å². The van der Waals surface area contributed by atoms with Crippen LogP contribution in [0.4, 0.5) is 0 Å². The van der Waals surface area contributed by atoms with Crippen LogP contribution in [0.25, 0.3) is 0 Å². The van der Waals surface area contributed by atoms with E-state index in [1.54, 1.807) is 10.6 Å². The fourth-order valence-electron chi connectivity index (χ4n) is 9.91. The summed E-state index contributed by atoms with van der Waals surface area (Å²) in [6, 6.07) is 67.3. The molecule has 0 saturated heterocycles. The van der Waals surface area contributed by atoms with E-state index in [2.05, 4.69) is 210 Å². The molecule has 0 aromatic heterocycles. The third-order valence-electron chi connectivity index (χ3n) is 12.2. The summed E-state index contributed by atoms with van der Waals surface area (Å²) in [6.45, 7) is 8.64. The maximum absolute atomic E-state index is 6.57. The van der Waals surface area contributed by atoms with Gasteiger partial charge in [0.05, 0.1) is 0 Å². The van der Waals surface area contributed by atoms with Crippen molar-refractivity contribution in [1.82, 2.24) is 0 Å². The Morgan fingerprint density at radius 3 is 0.738 bits per heavy atom. The molecule has 0 heterocycles. The van der Waals surface area contributed by atoms with E-state index >= 15 is 0 Å². The van der Waals surface area contributed by atoms with Gasteiger partial charge < -0.3 is 0 Å². The van der Waals surface area contributed by atoms with Crippen molar-refractivity contribution in [3.63, 3.8) is 0 Å². The molecule has 61 heavy (non-hydrogen) atoms. The van der Waals surface area contributed by atoms with Gasteiger partial charge in [-0.05, 0) is 0 Å². The van der Waals surface area contributed by atoms with Crippen molar-refractivity contribution in [3.8, 4) is 0 Å². The normalized spacial score (nSPS) is 15.4. The minimum Gasteiger partial charge on any atom is -0.107 e. The van der Waals surface area contributed by atoms with Gasteiger partial charge in [-0.15, -0.1) is 24.0 Å². The maximum Gasteiger partial charge on any atom is -0.107 e. The summed E-state index contributed by atoms with van der Waals surface area (Å²) < 4.78 is 13.1. The quantitative estimate of drug-likeness (QED) is 0.0899. The van der Waals surface area contributed by atoms with E-state index in [1.807, 2.05) is 0 Å². The monoisotopic (exact) mass is 960 g/mol. The molecule has 320 valence electrons. The van der Waals surface area contributed by atoms with Gasteiger partial charge in [-0.2, -0.15) is 0 Å². The summed E-state index contributed by atoms with van der Waals surface area (Å²) in [6.07, 6.45) is 12.2. The molecule has 2 aliphatic rings. The third-order valence-corrected chi connectivity index (χ3v) is 22.3. The largest absolute Gasteiger partial charge is 0.107 e. The summed E-state index contributed by atoms with van der Waals surface area (Å²) in [5.74, 6) is 2.51. The van der Waals surface area contributed by atoms with Crippen molar-refractivity contribution in [3.05, 3.63) is 204 Å². The van der Waals surface area contributed by atoms with Crippen molar-refractivity contribution in [2.24, 2.45) is 0 Å². The molecule has 0 aliphatic heterocycles. The van der Waals surface area contributed by atoms with E-state index in [9.17, 15) is 0 Å². The first-order valence-electron chi connectivity index (χ1n) is 22.6. The van der Waals surface area contributed by atoms with Crippen molar-refractivity contribution < 1.29 is 9.47 Å². The first-order chi connectivity index (χ1) is 29.5. The summed E-state index contributed by atoms with van der Waals surface area (Å²) in [5.41, 5.74) is 0. The number of allylic oxidation sites excluding steroid dienone is 4. The van der Waals surface area contributed by atoms with Crippen molar-refractivity contribution in [2.45, 2.75) is 104 Å². The van der Waals surface area contributed by atoms with Crippen LogP contribution in [0, 0.1) is 0 Å². The fraction of sp³-hybridized carbons (Fsp3) is 0.286. The second-order valence-corrected chi connectivity index (χ2v) is 24.6. The Morgan fingerprint density at radius 2 is 0.525 bits per heavy atom. The number of halogens is 1. The molecule has 5 heteroatoms. The first-order valence-corrected chi connectivity index (χ1v) is 26.6. The Bertz CT molecular complexity index is 1900. The standard InChI is InChI=1S/2C28H33OP.HI/c2*1-23(2)29-27-21-13-6-14-22-28(27)30(24-15-7-3-8-16-24,25-17-9-4-10-18-25)26-19-11-5-12-20-26;/h2*3-5,7-12,15-20,23,30H,6,13-14,21-22H2,1-2H3;1H. The molecule has 0 saturated carbocycles. The second-order valence-electron chi connectivity index (χ2n) is 17.0. The molecule has 0 N–H and O–H groups in total. The van der Waals surface area contributed by atoms with Crippen LogP contribution in [0.3, 0.4) is 0 Å². The summed E-state index contributed by atoms with van der Waals surface area (Å²) in [4.78, 5) is 0. The smallest absolute Gasteiger partial charge is 0.107 e. The van der Waals surface area contributed by atoms with Gasteiger partial charge in [0.15, 0.2) is 0 Å². The molecule has 0 spiro atoms. The zero-order valence-electron chi connectivity index (χ0n) is 36.8. The number of benzene rings is 6. The Morgan fingerprint density at radius 1 is 0.311 bits per heavy atom. The average molecular weight is 961 g/mol. The minimum atomic E-state index is -2.43. The minimum absolute atomic E-state index is 0. The molecular weight excluding hydrogens is 893 g/mol. The number of hydrogen-bond donors (Lipinski definition) is 0. The topological polar surface area (TPSA) is 18.5 Å². The van der Waals surface area contributed by atoms with E-state index in [4.69, 9.17) is 9.47 Å².